The van der Waals surface area contributed by atoms with Crippen LogP contribution in [-0.4, -0.2) is 37.5 Å². The first kappa shape index (κ1) is 18.1. The fraction of sp³-hybridized carbons (Fsp3) is 0.278. The Morgan fingerprint density at radius 1 is 1.12 bits per heavy atom. The van der Waals surface area contributed by atoms with Gasteiger partial charge in [0.05, 0.1) is 23.1 Å². The number of hydrogen-bond acceptors (Lipinski definition) is 4. The van der Waals surface area contributed by atoms with Crippen LogP contribution in [0.25, 0.3) is 0 Å². The molecule has 0 fully saturated rings. The molecular weight excluding hydrogens is 324 g/mol. The van der Waals surface area contributed by atoms with E-state index >= 15 is 0 Å². The number of aliphatic hydroxyl groups excluding tert-OH is 1. The highest BCUT2D eigenvalue weighted by atomic mass is 32.2. The molecular formula is C18H20N2O3S. The maximum Gasteiger partial charge on any atom is 0.243 e. The molecule has 0 atom stereocenters. The molecule has 24 heavy (non-hydrogen) atoms. The van der Waals surface area contributed by atoms with Gasteiger partial charge in [-0.05, 0) is 42.7 Å². The van der Waals surface area contributed by atoms with E-state index < -0.39 is 10.0 Å². The summed E-state index contributed by atoms with van der Waals surface area (Å²) in [7, 11) is -3.73. The van der Waals surface area contributed by atoms with Crippen molar-refractivity contribution in [3.05, 3.63) is 65.2 Å². The summed E-state index contributed by atoms with van der Waals surface area (Å²) in [5.41, 5.74) is 1.98. The van der Waals surface area contributed by atoms with Crippen LogP contribution in [0.4, 0.5) is 0 Å². The van der Waals surface area contributed by atoms with Crippen LogP contribution in [0.1, 0.15) is 16.7 Å². The van der Waals surface area contributed by atoms with Gasteiger partial charge in [0.25, 0.3) is 0 Å². The van der Waals surface area contributed by atoms with E-state index in [4.69, 9.17) is 5.26 Å². The van der Waals surface area contributed by atoms with Gasteiger partial charge in [-0.15, -0.1) is 0 Å². The molecule has 2 rings (SSSR count). The van der Waals surface area contributed by atoms with Crippen molar-refractivity contribution in [2.24, 2.45) is 0 Å². The molecule has 0 amide bonds. The lowest BCUT2D eigenvalue weighted by molar-refractivity contribution is 0.254. The monoisotopic (exact) mass is 344 g/mol. The Kier molecular flexibility index (Phi) is 6.10. The van der Waals surface area contributed by atoms with Crippen LogP contribution < -0.4 is 0 Å². The number of benzene rings is 2. The van der Waals surface area contributed by atoms with E-state index in [9.17, 15) is 13.5 Å². The van der Waals surface area contributed by atoms with Crippen molar-refractivity contribution in [1.82, 2.24) is 4.31 Å². The number of nitriles is 1. The van der Waals surface area contributed by atoms with Crippen molar-refractivity contribution >= 4 is 10.0 Å². The molecule has 126 valence electrons. The molecule has 0 heterocycles. The van der Waals surface area contributed by atoms with Gasteiger partial charge in [-0.25, -0.2) is 8.42 Å². The van der Waals surface area contributed by atoms with Gasteiger partial charge in [0.1, 0.15) is 0 Å². The first-order chi connectivity index (χ1) is 11.5. The smallest absolute Gasteiger partial charge is 0.243 e. The van der Waals surface area contributed by atoms with Gasteiger partial charge in [-0.1, -0.05) is 30.3 Å². The topological polar surface area (TPSA) is 81.4 Å². The lowest BCUT2D eigenvalue weighted by Crippen LogP contribution is -2.35. The highest BCUT2D eigenvalue weighted by Gasteiger charge is 2.25. The number of sulfonamides is 1. The first-order valence-corrected chi connectivity index (χ1v) is 9.08. The predicted octanol–water partition coefficient (Wildman–Crippen LogP) is 2.09. The van der Waals surface area contributed by atoms with E-state index in [0.29, 0.717) is 17.5 Å². The molecule has 6 heteroatoms. The zero-order valence-corrected chi connectivity index (χ0v) is 14.3. The maximum atomic E-state index is 12.9. The number of hydrogen-bond donors (Lipinski definition) is 1. The van der Waals surface area contributed by atoms with Gasteiger partial charge >= 0.3 is 0 Å². The average Bonchev–Trinajstić information content (AvgIpc) is 2.58. The number of rotatable bonds is 7. The molecule has 0 aliphatic heterocycles. The van der Waals surface area contributed by atoms with Crippen LogP contribution >= 0.6 is 0 Å². The summed E-state index contributed by atoms with van der Waals surface area (Å²) in [4.78, 5) is 0.169. The molecule has 2 aromatic carbocycles. The van der Waals surface area contributed by atoms with Crippen LogP contribution in [0.3, 0.4) is 0 Å². The second-order valence-electron chi connectivity index (χ2n) is 5.46. The van der Waals surface area contributed by atoms with Crippen molar-refractivity contribution in [3.63, 3.8) is 0 Å². The van der Waals surface area contributed by atoms with E-state index in [1.807, 2.05) is 36.4 Å². The largest absolute Gasteiger partial charge is 0.395 e. The molecule has 0 radical (unpaired) electrons. The predicted molar refractivity (Wildman–Crippen MR) is 91.9 cm³/mol. The van der Waals surface area contributed by atoms with Gasteiger partial charge in [0.15, 0.2) is 0 Å². The second kappa shape index (κ2) is 8.06. The fourth-order valence-electron chi connectivity index (χ4n) is 2.51. The van der Waals surface area contributed by atoms with Crippen LogP contribution in [0.15, 0.2) is 53.4 Å². The molecule has 0 aromatic heterocycles. The zero-order chi connectivity index (χ0) is 17.6. The first-order valence-electron chi connectivity index (χ1n) is 7.64. The molecule has 0 saturated heterocycles. The molecule has 0 aliphatic rings. The molecule has 0 saturated carbocycles. The third kappa shape index (κ3) is 4.20. The molecule has 2 aromatic rings. The zero-order valence-electron chi connectivity index (χ0n) is 13.5. The summed E-state index contributed by atoms with van der Waals surface area (Å²) < 4.78 is 27.1. The van der Waals surface area contributed by atoms with Crippen LogP contribution in [0.2, 0.25) is 0 Å². The second-order valence-corrected chi connectivity index (χ2v) is 7.36. The van der Waals surface area contributed by atoms with Crippen molar-refractivity contribution < 1.29 is 13.5 Å². The Labute approximate surface area is 142 Å². The Bertz CT molecular complexity index is 827. The van der Waals surface area contributed by atoms with E-state index in [1.165, 1.54) is 16.4 Å². The van der Waals surface area contributed by atoms with Crippen LogP contribution in [0, 0.1) is 18.3 Å². The Hall–Kier alpha value is -2.20. The SMILES string of the molecule is Cc1cc(C#N)ccc1S(=O)(=O)N(CCO)CCc1ccccc1. The van der Waals surface area contributed by atoms with Gasteiger partial charge < -0.3 is 5.11 Å². The highest BCUT2D eigenvalue weighted by molar-refractivity contribution is 7.89. The summed E-state index contributed by atoms with van der Waals surface area (Å²) in [5.74, 6) is 0. The third-order valence-electron chi connectivity index (χ3n) is 3.76. The average molecular weight is 344 g/mol. The Morgan fingerprint density at radius 3 is 2.42 bits per heavy atom. The molecule has 0 bridgehead atoms. The molecule has 5 nitrogen and oxygen atoms in total. The quantitative estimate of drug-likeness (QED) is 0.834. The van der Waals surface area contributed by atoms with Crippen molar-refractivity contribution in [2.45, 2.75) is 18.2 Å². The number of nitrogens with zero attached hydrogens (tertiary/aromatic N) is 2. The lowest BCUT2D eigenvalue weighted by Gasteiger charge is -2.22. The van der Waals surface area contributed by atoms with E-state index in [-0.39, 0.29) is 24.6 Å². The van der Waals surface area contributed by atoms with Gasteiger partial charge in [0, 0.05) is 13.1 Å². The van der Waals surface area contributed by atoms with Gasteiger partial charge in [-0.2, -0.15) is 9.57 Å². The third-order valence-corrected chi connectivity index (χ3v) is 5.82. The minimum Gasteiger partial charge on any atom is -0.395 e. The minimum atomic E-state index is -3.73. The number of aliphatic hydroxyl groups is 1. The summed E-state index contributed by atoms with van der Waals surface area (Å²) in [6.07, 6.45) is 0.565. The van der Waals surface area contributed by atoms with Crippen LogP contribution in [0.5, 0.6) is 0 Å². The summed E-state index contributed by atoms with van der Waals surface area (Å²) in [5, 5.41) is 18.2. The lowest BCUT2D eigenvalue weighted by atomic mass is 10.1. The van der Waals surface area contributed by atoms with E-state index in [0.717, 1.165) is 5.56 Å². The molecule has 0 spiro atoms. The normalized spacial score (nSPS) is 11.4. The Balaban J connectivity index is 2.26. The van der Waals surface area contributed by atoms with Crippen molar-refractivity contribution in [1.29, 1.82) is 5.26 Å². The summed E-state index contributed by atoms with van der Waals surface area (Å²) in [6.45, 7) is 1.74. The summed E-state index contributed by atoms with van der Waals surface area (Å²) in [6, 6.07) is 16.1. The number of aryl methyl sites for hydroxylation is 1. The molecule has 0 aliphatic carbocycles. The molecule has 0 unspecified atom stereocenters. The van der Waals surface area contributed by atoms with E-state index in [2.05, 4.69) is 0 Å². The van der Waals surface area contributed by atoms with Crippen LogP contribution in [-0.2, 0) is 16.4 Å². The summed E-state index contributed by atoms with van der Waals surface area (Å²) >= 11 is 0. The van der Waals surface area contributed by atoms with Crippen molar-refractivity contribution in [3.8, 4) is 6.07 Å². The standard InChI is InChI=1S/C18H20N2O3S/c1-15-13-17(14-19)7-8-18(15)24(22,23)20(11-12-21)10-9-16-5-3-2-4-6-16/h2-8,13,21H,9-12H2,1H3. The van der Waals surface area contributed by atoms with Gasteiger partial charge in [-0.3, -0.25) is 0 Å². The van der Waals surface area contributed by atoms with E-state index in [1.54, 1.807) is 13.0 Å². The molecule has 1 N–H and O–H groups in total. The Morgan fingerprint density at radius 2 is 1.83 bits per heavy atom. The van der Waals surface area contributed by atoms with Gasteiger partial charge in [0.2, 0.25) is 10.0 Å². The fourth-order valence-corrected chi connectivity index (χ4v) is 4.15. The van der Waals surface area contributed by atoms with Crippen molar-refractivity contribution in [2.75, 3.05) is 19.7 Å². The minimum absolute atomic E-state index is 0.0363. The maximum absolute atomic E-state index is 12.9. The highest BCUT2D eigenvalue weighted by Crippen LogP contribution is 2.21.